The maximum absolute atomic E-state index is 6.47. The van der Waals surface area contributed by atoms with E-state index in [0.717, 1.165) is 42.9 Å². The fraction of sp³-hybridized carbons (Fsp3) is 0.581. The molecule has 0 aliphatic heterocycles. The summed E-state index contributed by atoms with van der Waals surface area (Å²) in [5.74, 6) is 2.45. The second kappa shape index (κ2) is 25.5. The zero-order valence-corrected chi connectivity index (χ0v) is 31.1. The van der Waals surface area contributed by atoms with E-state index in [-0.39, 0.29) is 0 Å². The molecule has 2 aromatic carbocycles. The molecule has 0 heterocycles. The van der Waals surface area contributed by atoms with Gasteiger partial charge in [-0.3, -0.25) is 0 Å². The molecule has 0 saturated carbocycles. The standard InChI is InChI=1S/C43H65O3P/c1-4-7-10-13-16-19-23-38-26-22-27-41(33-28-38)44-47(45-42-34-29-39(30-35-42)24-20-17-14-11-8-5-2)46-43-36-31-40(32-37-43)25-21-18-15-12-9-6-3/h22,26,28-37H,4-21,23-25,27H2,1-3H3. The average molecular weight is 661 g/mol. The van der Waals surface area contributed by atoms with E-state index in [0.29, 0.717) is 0 Å². The Hall–Kier alpha value is -2.51. The Morgan fingerprint density at radius 3 is 1.36 bits per heavy atom. The van der Waals surface area contributed by atoms with Gasteiger partial charge in [-0.1, -0.05) is 160 Å². The summed E-state index contributed by atoms with van der Waals surface area (Å²) in [7, 11) is -1.67. The minimum atomic E-state index is -1.67. The van der Waals surface area contributed by atoms with Crippen LogP contribution in [-0.2, 0) is 17.4 Å². The van der Waals surface area contributed by atoms with E-state index in [1.165, 1.54) is 132 Å². The first-order valence-electron chi connectivity index (χ1n) is 19.3. The highest BCUT2D eigenvalue weighted by Crippen LogP contribution is 2.44. The van der Waals surface area contributed by atoms with Gasteiger partial charge in [0.15, 0.2) is 0 Å². The van der Waals surface area contributed by atoms with Crippen LogP contribution in [0.25, 0.3) is 0 Å². The highest BCUT2D eigenvalue weighted by atomic mass is 31.2. The van der Waals surface area contributed by atoms with Gasteiger partial charge < -0.3 is 13.6 Å². The molecular weight excluding hydrogens is 595 g/mol. The molecule has 0 fully saturated rings. The third-order valence-corrected chi connectivity index (χ3v) is 10.1. The van der Waals surface area contributed by atoms with Crippen molar-refractivity contribution in [3.63, 3.8) is 0 Å². The molecular formula is C43H65O3P. The van der Waals surface area contributed by atoms with E-state index in [1.54, 1.807) is 0 Å². The quantitative estimate of drug-likeness (QED) is 0.0705. The lowest BCUT2D eigenvalue weighted by molar-refractivity contribution is 0.326. The van der Waals surface area contributed by atoms with E-state index in [4.69, 9.17) is 13.6 Å². The van der Waals surface area contributed by atoms with E-state index in [9.17, 15) is 0 Å². The van der Waals surface area contributed by atoms with Gasteiger partial charge in [0.05, 0.1) is 0 Å². The number of unbranched alkanes of at least 4 members (excludes halogenated alkanes) is 15. The van der Waals surface area contributed by atoms with Gasteiger partial charge in [0.1, 0.15) is 17.3 Å². The zero-order chi connectivity index (χ0) is 33.2. The van der Waals surface area contributed by atoms with E-state index >= 15 is 0 Å². The molecule has 0 bridgehead atoms. The lowest BCUT2D eigenvalue weighted by Gasteiger charge is -2.19. The number of aryl methyl sites for hydroxylation is 2. The van der Waals surface area contributed by atoms with Crippen molar-refractivity contribution in [1.82, 2.24) is 0 Å². The predicted molar refractivity (Wildman–Crippen MR) is 204 cm³/mol. The van der Waals surface area contributed by atoms with Crippen LogP contribution >= 0.6 is 8.60 Å². The first-order valence-corrected chi connectivity index (χ1v) is 20.4. The van der Waals surface area contributed by atoms with E-state index in [1.807, 2.05) is 0 Å². The van der Waals surface area contributed by atoms with Gasteiger partial charge in [-0.05, 0) is 85.6 Å². The van der Waals surface area contributed by atoms with Crippen molar-refractivity contribution in [1.29, 1.82) is 0 Å². The highest BCUT2D eigenvalue weighted by Gasteiger charge is 2.21. The molecule has 0 radical (unpaired) electrons. The number of allylic oxidation sites excluding steroid dienone is 5. The van der Waals surface area contributed by atoms with Gasteiger partial charge in [0.25, 0.3) is 0 Å². The van der Waals surface area contributed by atoms with Crippen molar-refractivity contribution in [3.8, 4) is 11.5 Å². The maximum atomic E-state index is 6.47. The summed E-state index contributed by atoms with van der Waals surface area (Å²) in [5.41, 5.74) is 4.09. The lowest BCUT2D eigenvalue weighted by atomic mass is 10.0. The Morgan fingerprint density at radius 2 is 0.894 bits per heavy atom. The van der Waals surface area contributed by atoms with E-state index in [2.05, 4.69) is 93.6 Å². The molecule has 3 nitrogen and oxygen atoms in total. The van der Waals surface area contributed by atoms with Crippen molar-refractivity contribution in [2.24, 2.45) is 0 Å². The predicted octanol–water partition coefficient (Wildman–Crippen LogP) is 14.7. The molecule has 2 aromatic rings. The molecule has 1 aliphatic carbocycles. The number of rotatable bonds is 27. The summed E-state index contributed by atoms with van der Waals surface area (Å²) >= 11 is 0. The molecule has 4 heteroatoms. The molecule has 47 heavy (non-hydrogen) atoms. The molecule has 0 atom stereocenters. The van der Waals surface area contributed by atoms with Crippen LogP contribution in [0.15, 0.2) is 84.2 Å². The van der Waals surface area contributed by atoms with Gasteiger partial charge in [-0.25, -0.2) is 0 Å². The monoisotopic (exact) mass is 660 g/mol. The van der Waals surface area contributed by atoms with Crippen LogP contribution in [0.4, 0.5) is 0 Å². The van der Waals surface area contributed by atoms with Crippen LogP contribution < -0.4 is 9.05 Å². The summed E-state index contributed by atoms with van der Waals surface area (Å²) in [6, 6.07) is 17.0. The summed E-state index contributed by atoms with van der Waals surface area (Å²) < 4.78 is 19.3. The van der Waals surface area contributed by atoms with Crippen molar-refractivity contribution in [2.45, 2.75) is 162 Å². The van der Waals surface area contributed by atoms with Gasteiger partial charge in [-0.15, -0.1) is 0 Å². The molecule has 1 aliphatic rings. The van der Waals surface area contributed by atoms with Gasteiger partial charge in [-0.2, -0.15) is 0 Å². The SMILES string of the molecule is CCCCCCCCC1=CC=C(OP(Oc2ccc(CCCCCCCC)cc2)Oc2ccc(CCCCCCCC)cc2)CC=C1. The molecule has 0 saturated heterocycles. The second-order valence-electron chi connectivity index (χ2n) is 13.3. The molecule has 0 N–H and O–H groups in total. The van der Waals surface area contributed by atoms with Crippen LogP contribution in [0.3, 0.4) is 0 Å². The minimum absolute atomic E-state index is 0.733. The van der Waals surface area contributed by atoms with Crippen LogP contribution in [0.2, 0.25) is 0 Å². The van der Waals surface area contributed by atoms with Gasteiger partial charge >= 0.3 is 8.60 Å². The summed E-state index contributed by atoms with van der Waals surface area (Å²) in [6.45, 7) is 6.82. The molecule has 0 unspecified atom stereocenters. The third kappa shape index (κ3) is 18.0. The molecule has 0 aromatic heterocycles. The van der Waals surface area contributed by atoms with Crippen molar-refractivity contribution < 1.29 is 13.6 Å². The first-order chi connectivity index (χ1) is 23.2. The number of hydrogen-bond donors (Lipinski definition) is 0. The third-order valence-electron chi connectivity index (χ3n) is 8.99. The zero-order valence-electron chi connectivity index (χ0n) is 30.2. The molecule has 260 valence electrons. The molecule has 0 amide bonds. The highest BCUT2D eigenvalue weighted by molar-refractivity contribution is 7.42. The van der Waals surface area contributed by atoms with Crippen LogP contribution in [-0.4, -0.2) is 0 Å². The molecule has 0 spiro atoms. The minimum Gasteiger partial charge on any atom is -0.413 e. The summed E-state index contributed by atoms with van der Waals surface area (Å²) in [5, 5.41) is 0. The average Bonchev–Trinajstić information content (AvgIpc) is 3.32. The molecule has 3 rings (SSSR count). The number of benzene rings is 2. The van der Waals surface area contributed by atoms with Crippen molar-refractivity contribution in [2.75, 3.05) is 0 Å². The summed E-state index contributed by atoms with van der Waals surface area (Å²) in [4.78, 5) is 0. The van der Waals surface area contributed by atoms with E-state index < -0.39 is 8.60 Å². The maximum Gasteiger partial charge on any atom is 0.529 e. The largest absolute Gasteiger partial charge is 0.529 e. The van der Waals surface area contributed by atoms with Crippen LogP contribution in [0.1, 0.15) is 160 Å². The summed E-state index contributed by atoms with van der Waals surface area (Å²) in [6.07, 6.45) is 36.6. The van der Waals surface area contributed by atoms with Gasteiger partial charge in [0.2, 0.25) is 0 Å². The number of hydrogen-bond acceptors (Lipinski definition) is 3. The Morgan fingerprint density at radius 1 is 0.468 bits per heavy atom. The topological polar surface area (TPSA) is 27.7 Å². The fourth-order valence-electron chi connectivity index (χ4n) is 5.97. The first kappa shape index (κ1) is 38.9. The normalized spacial score (nSPS) is 12.9. The Kier molecular flexibility index (Phi) is 21.1. The van der Waals surface area contributed by atoms with Gasteiger partial charge in [0, 0.05) is 6.42 Å². The Labute approximate surface area is 290 Å². The fourth-order valence-corrected chi connectivity index (χ4v) is 7.00. The van der Waals surface area contributed by atoms with Crippen LogP contribution in [0, 0.1) is 0 Å². The smallest absolute Gasteiger partial charge is 0.413 e. The Balaban J connectivity index is 1.58. The van der Waals surface area contributed by atoms with Crippen molar-refractivity contribution >= 4 is 8.60 Å². The Bertz CT molecular complexity index is 1090. The second-order valence-corrected chi connectivity index (χ2v) is 14.3. The van der Waals surface area contributed by atoms with Crippen LogP contribution in [0.5, 0.6) is 11.5 Å². The van der Waals surface area contributed by atoms with Crippen molar-refractivity contribution in [3.05, 3.63) is 95.3 Å². The lowest BCUT2D eigenvalue weighted by Crippen LogP contribution is -2.01.